The summed E-state index contributed by atoms with van der Waals surface area (Å²) in [5.41, 5.74) is 1.03. The van der Waals surface area contributed by atoms with E-state index in [1.165, 1.54) is 0 Å². The number of aromatic nitrogens is 3. The molecule has 1 aromatic heterocycles. The van der Waals surface area contributed by atoms with E-state index in [0.29, 0.717) is 6.54 Å². The Morgan fingerprint density at radius 1 is 1.26 bits per heavy atom. The number of hydrogen-bond donors (Lipinski definition) is 1. The Bertz CT molecular complexity index is 566. The summed E-state index contributed by atoms with van der Waals surface area (Å²) in [4.78, 5) is 4.29. The smallest absolute Gasteiger partial charge is 0.221 e. The van der Waals surface area contributed by atoms with Crippen molar-refractivity contribution in [2.75, 3.05) is 19.5 Å². The van der Waals surface area contributed by atoms with Gasteiger partial charge in [-0.3, -0.25) is 0 Å². The molecule has 0 unspecified atom stereocenters. The van der Waals surface area contributed by atoms with Crippen LogP contribution in [0.4, 0.5) is 5.95 Å². The van der Waals surface area contributed by atoms with Crippen LogP contribution in [0.15, 0.2) is 18.2 Å². The van der Waals surface area contributed by atoms with Crippen LogP contribution in [0.3, 0.4) is 0 Å². The molecule has 0 aliphatic heterocycles. The topological polar surface area (TPSA) is 61.2 Å². The van der Waals surface area contributed by atoms with Crippen molar-refractivity contribution in [3.63, 3.8) is 0 Å². The molecule has 1 heterocycles. The Labute approximate surface area is 112 Å². The van der Waals surface area contributed by atoms with Gasteiger partial charge in [-0.15, -0.1) is 0 Å². The van der Waals surface area contributed by atoms with Gasteiger partial charge in [0.15, 0.2) is 0 Å². The SMILES string of the molecule is COc1ccc(CNc2nc(C)nn2C)c(OC)c1. The second-order valence-corrected chi connectivity index (χ2v) is 4.14. The van der Waals surface area contributed by atoms with E-state index in [-0.39, 0.29) is 0 Å². The van der Waals surface area contributed by atoms with Gasteiger partial charge in [-0.25, -0.2) is 4.68 Å². The lowest BCUT2D eigenvalue weighted by Crippen LogP contribution is -2.06. The van der Waals surface area contributed by atoms with Crippen LogP contribution in [0.2, 0.25) is 0 Å². The van der Waals surface area contributed by atoms with Crippen molar-refractivity contribution in [2.45, 2.75) is 13.5 Å². The van der Waals surface area contributed by atoms with Gasteiger partial charge in [0.05, 0.1) is 14.2 Å². The summed E-state index contributed by atoms with van der Waals surface area (Å²) in [5.74, 6) is 3.03. The summed E-state index contributed by atoms with van der Waals surface area (Å²) < 4.78 is 12.2. The van der Waals surface area contributed by atoms with Gasteiger partial charge in [0, 0.05) is 25.2 Å². The first kappa shape index (κ1) is 13.2. The maximum absolute atomic E-state index is 5.35. The molecule has 0 fully saturated rings. The molecule has 0 aliphatic carbocycles. The van der Waals surface area contributed by atoms with Crippen molar-refractivity contribution < 1.29 is 9.47 Å². The maximum atomic E-state index is 5.35. The zero-order valence-corrected chi connectivity index (χ0v) is 11.6. The lowest BCUT2D eigenvalue weighted by Gasteiger charge is -2.11. The highest BCUT2D eigenvalue weighted by atomic mass is 16.5. The molecule has 6 nitrogen and oxygen atoms in total. The molecular weight excluding hydrogens is 244 g/mol. The van der Waals surface area contributed by atoms with Gasteiger partial charge in [-0.05, 0) is 19.1 Å². The second kappa shape index (κ2) is 5.60. The highest BCUT2D eigenvalue weighted by Gasteiger charge is 2.07. The normalized spacial score (nSPS) is 10.3. The van der Waals surface area contributed by atoms with Crippen molar-refractivity contribution in [2.24, 2.45) is 7.05 Å². The predicted octanol–water partition coefficient (Wildman–Crippen LogP) is 1.75. The lowest BCUT2D eigenvalue weighted by molar-refractivity contribution is 0.391. The molecule has 102 valence electrons. The van der Waals surface area contributed by atoms with Gasteiger partial charge < -0.3 is 14.8 Å². The number of anilines is 1. The molecule has 0 bridgehead atoms. The average molecular weight is 262 g/mol. The van der Waals surface area contributed by atoms with Gasteiger partial charge in [-0.2, -0.15) is 10.1 Å². The van der Waals surface area contributed by atoms with Gasteiger partial charge in [-0.1, -0.05) is 0 Å². The average Bonchev–Trinajstić information content (AvgIpc) is 2.74. The number of ether oxygens (including phenoxy) is 2. The van der Waals surface area contributed by atoms with Crippen LogP contribution in [-0.4, -0.2) is 29.0 Å². The number of methoxy groups -OCH3 is 2. The number of rotatable bonds is 5. The van der Waals surface area contributed by atoms with Crippen molar-refractivity contribution in [3.05, 3.63) is 29.6 Å². The molecule has 2 aromatic rings. The summed E-state index contributed by atoms with van der Waals surface area (Å²) in [6.07, 6.45) is 0. The Morgan fingerprint density at radius 2 is 2.05 bits per heavy atom. The fraction of sp³-hybridized carbons (Fsp3) is 0.385. The molecule has 0 saturated heterocycles. The van der Waals surface area contributed by atoms with Crippen LogP contribution in [0.1, 0.15) is 11.4 Å². The summed E-state index contributed by atoms with van der Waals surface area (Å²) in [5, 5.41) is 7.42. The fourth-order valence-electron chi connectivity index (χ4n) is 1.84. The zero-order chi connectivity index (χ0) is 13.8. The molecule has 0 atom stereocenters. The largest absolute Gasteiger partial charge is 0.497 e. The number of nitrogens with zero attached hydrogens (tertiary/aromatic N) is 3. The van der Waals surface area contributed by atoms with E-state index in [0.717, 1.165) is 28.8 Å². The van der Waals surface area contributed by atoms with E-state index in [9.17, 15) is 0 Å². The summed E-state index contributed by atoms with van der Waals surface area (Å²) >= 11 is 0. The van der Waals surface area contributed by atoms with Crippen molar-refractivity contribution in [3.8, 4) is 11.5 Å². The van der Waals surface area contributed by atoms with Crippen LogP contribution in [0, 0.1) is 6.92 Å². The molecule has 2 rings (SSSR count). The van der Waals surface area contributed by atoms with E-state index < -0.39 is 0 Å². The minimum absolute atomic E-state index is 0.610. The second-order valence-electron chi connectivity index (χ2n) is 4.14. The van der Waals surface area contributed by atoms with Crippen LogP contribution >= 0.6 is 0 Å². The Hall–Kier alpha value is -2.24. The molecule has 6 heteroatoms. The first-order valence-corrected chi connectivity index (χ1v) is 5.96. The number of benzene rings is 1. The van der Waals surface area contributed by atoms with Crippen LogP contribution in [0.25, 0.3) is 0 Å². The Balaban J connectivity index is 2.13. The number of nitrogens with one attached hydrogen (secondary N) is 1. The molecule has 0 aliphatic rings. The quantitative estimate of drug-likeness (QED) is 0.889. The summed E-state index contributed by atoms with van der Waals surface area (Å²) in [6.45, 7) is 2.47. The summed E-state index contributed by atoms with van der Waals surface area (Å²) in [6, 6.07) is 5.73. The standard InChI is InChI=1S/C13H18N4O2/c1-9-15-13(17(2)16-9)14-8-10-5-6-11(18-3)7-12(10)19-4/h5-7H,8H2,1-4H3,(H,14,15,16). The lowest BCUT2D eigenvalue weighted by atomic mass is 10.2. The molecule has 0 radical (unpaired) electrons. The minimum Gasteiger partial charge on any atom is -0.497 e. The first-order valence-electron chi connectivity index (χ1n) is 5.96. The Morgan fingerprint density at radius 3 is 2.63 bits per heavy atom. The third-order valence-electron chi connectivity index (χ3n) is 2.80. The van der Waals surface area contributed by atoms with E-state index >= 15 is 0 Å². The highest BCUT2D eigenvalue weighted by Crippen LogP contribution is 2.25. The molecular formula is C13H18N4O2. The van der Waals surface area contributed by atoms with Gasteiger partial charge in [0.25, 0.3) is 0 Å². The van der Waals surface area contributed by atoms with E-state index in [1.807, 2.05) is 32.2 Å². The molecule has 19 heavy (non-hydrogen) atoms. The van der Waals surface area contributed by atoms with E-state index in [1.54, 1.807) is 18.9 Å². The van der Waals surface area contributed by atoms with Gasteiger partial charge in [0.2, 0.25) is 5.95 Å². The minimum atomic E-state index is 0.610. The molecule has 0 saturated carbocycles. The highest BCUT2D eigenvalue weighted by molar-refractivity contribution is 5.42. The van der Waals surface area contributed by atoms with Crippen molar-refractivity contribution >= 4 is 5.95 Å². The Kier molecular flexibility index (Phi) is 3.89. The van der Waals surface area contributed by atoms with Crippen molar-refractivity contribution in [1.82, 2.24) is 14.8 Å². The number of aryl methyl sites for hydroxylation is 2. The van der Waals surface area contributed by atoms with Gasteiger partial charge in [0.1, 0.15) is 17.3 Å². The predicted molar refractivity (Wildman–Crippen MR) is 72.6 cm³/mol. The van der Waals surface area contributed by atoms with Crippen LogP contribution < -0.4 is 14.8 Å². The number of hydrogen-bond acceptors (Lipinski definition) is 5. The maximum Gasteiger partial charge on any atom is 0.221 e. The monoisotopic (exact) mass is 262 g/mol. The molecule has 1 N–H and O–H groups in total. The van der Waals surface area contributed by atoms with E-state index in [4.69, 9.17) is 9.47 Å². The van der Waals surface area contributed by atoms with Crippen molar-refractivity contribution in [1.29, 1.82) is 0 Å². The fourth-order valence-corrected chi connectivity index (χ4v) is 1.84. The molecule has 0 amide bonds. The van der Waals surface area contributed by atoms with E-state index in [2.05, 4.69) is 15.4 Å². The first-order chi connectivity index (χ1) is 9.13. The third-order valence-corrected chi connectivity index (χ3v) is 2.80. The molecule has 1 aromatic carbocycles. The third kappa shape index (κ3) is 2.96. The van der Waals surface area contributed by atoms with Crippen LogP contribution in [-0.2, 0) is 13.6 Å². The molecule has 0 spiro atoms. The van der Waals surface area contributed by atoms with Crippen LogP contribution in [0.5, 0.6) is 11.5 Å². The zero-order valence-electron chi connectivity index (χ0n) is 11.6. The van der Waals surface area contributed by atoms with Gasteiger partial charge >= 0.3 is 0 Å². The summed E-state index contributed by atoms with van der Waals surface area (Å²) in [7, 11) is 5.13.